The minimum atomic E-state index is -0.689. The van der Waals surface area contributed by atoms with E-state index >= 15 is 0 Å². The second-order valence-electron chi connectivity index (χ2n) is 4.68. The van der Waals surface area contributed by atoms with Crippen LogP contribution in [0.3, 0.4) is 0 Å². The highest BCUT2D eigenvalue weighted by molar-refractivity contribution is 7.84. The Bertz CT molecular complexity index is 428. The summed E-state index contributed by atoms with van der Waals surface area (Å²) in [7, 11) is -0.689. The molecule has 0 saturated heterocycles. The van der Waals surface area contributed by atoms with E-state index in [-0.39, 0.29) is 0 Å². The van der Waals surface area contributed by atoms with E-state index in [0.29, 0.717) is 0 Å². The fraction of sp³-hybridized carbons (Fsp3) is 0.769. The number of aryl methyl sites for hydroxylation is 1. The third kappa shape index (κ3) is 3.01. The molecule has 1 atom stereocenters. The Hall–Kier alpha value is -0.680. The summed E-state index contributed by atoms with van der Waals surface area (Å²) in [6.07, 6.45) is 3.18. The van der Waals surface area contributed by atoms with Gasteiger partial charge in [0.2, 0.25) is 0 Å². The fourth-order valence-corrected chi connectivity index (χ4v) is 3.12. The van der Waals surface area contributed by atoms with E-state index in [9.17, 15) is 4.21 Å². The fourth-order valence-electron chi connectivity index (χ4n) is 2.44. The summed E-state index contributed by atoms with van der Waals surface area (Å²) in [5, 5.41) is 3.36. The van der Waals surface area contributed by atoms with Crippen LogP contribution in [-0.2, 0) is 36.7 Å². The molecule has 4 nitrogen and oxygen atoms in total. The molecule has 1 N–H and O–H groups in total. The first kappa shape index (κ1) is 13.7. The number of imidazole rings is 1. The van der Waals surface area contributed by atoms with Gasteiger partial charge in [0.1, 0.15) is 5.82 Å². The van der Waals surface area contributed by atoms with Crippen molar-refractivity contribution in [2.24, 2.45) is 0 Å². The largest absolute Gasteiger partial charge is 0.331 e. The van der Waals surface area contributed by atoms with Crippen molar-refractivity contribution in [1.29, 1.82) is 0 Å². The summed E-state index contributed by atoms with van der Waals surface area (Å²) in [6, 6.07) is 0. The van der Waals surface area contributed by atoms with Gasteiger partial charge < -0.3 is 9.88 Å². The molecule has 0 aromatic carbocycles. The average molecular weight is 269 g/mol. The van der Waals surface area contributed by atoms with Crippen molar-refractivity contribution in [2.75, 3.05) is 18.1 Å². The number of aromatic nitrogens is 2. The summed E-state index contributed by atoms with van der Waals surface area (Å²) in [5.74, 6) is 2.68. The van der Waals surface area contributed by atoms with Gasteiger partial charge in [-0.05, 0) is 6.42 Å². The summed E-state index contributed by atoms with van der Waals surface area (Å²) in [5.41, 5.74) is 2.57. The normalized spacial score (nSPS) is 16.6. The van der Waals surface area contributed by atoms with Gasteiger partial charge in [-0.3, -0.25) is 4.21 Å². The zero-order valence-corrected chi connectivity index (χ0v) is 12.2. The first-order valence-corrected chi connectivity index (χ1v) is 8.37. The van der Waals surface area contributed by atoms with Gasteiger partial charge in [-0.1, -0.05) is 13.8 Å². The van der Waals surface area contributed by atoms with Crippen molar-refractivity contribution in [3.8, 4) is 0 Å². The summed E-state index contributed by atoms with van der Waals surface area (Å²) < 4.78 is 13.9. The van der Waals surface area contributed by atoms with E-state index in [1.807, 2.05) is 6.92 Å². The number of hydrogen-bond donors (Lipinski definition) is 1. The standard InChI is InChI=1S/C13H23N3OS/c1-3-5-13-15-11-10-14-7-6-12(11)16(13)8-9-18(17)4-2/h14H,3-10H2,1-2H3. The molecule has 18 heavy (non-hydrogen) atoms. The lowest BCUT2D eigenvalue weighted by atomic mass is 10.2. The van der Waals surface area contributed by atoms with Crippen molar-refractivity contribution in [3.05, 3.63) is 17.2 Å². The number of rotatable bonds is 6. The molecule has 0 radical (unpaired) electrons. The highest BCUT2D eigenvalue weighted by Crippen LogP contribution is 2.17. The smallest absolute Gasteiger partial charge is 0.109 e. The van der Waals surface area contributed by atoms with Gasteiger partial charge in [0.15, 0.2) is 0 Å². The number of nitrogens with zero attached hydrogens (tertiary/aromatic N) is 2. The molecular weight excluding hydrogens is 246 g/mol. The molecule has 0 fully saturated rings. The van der Waals surface area contributed by atoms with Crippen molar-refractivity contribution >= 4 is 10.8 Å². The predicted octanol–water partition coefficient (Wildman–Crippen LogP) is 1.25. The van der Waals surface area contributed by atoms with Gasteiger partial charge in [-0.2, -0.15) is 0 Å². The van der Waals surface area contributed by atoms with E-state index < -0.39 is 10.8 Å². The number of nitrogens with one attached hydrogen (secondary N) is 1. The molecule has 1 aromatic rings. The van der Waals surface area contributed by atoms with Crippen LogP contribution in [0, 0.1) is 0 Å². The molecule has 1 unspecified atom stereocenters. The van der Waals surface area contributed by atoms with Gasteiger partial charge in [-0.15, -0.1) is 0 Å². The van der Waals surface area contributed by atoms with Crippen molar-refractivity contribution < 1.29 is 4.21 Å². The van der Waals surface area contributed by atoms with E-state index in [1.54, 1.807) is 0 Å². The minimum Gasteiger partial charge on any atom is -0.331 e. The van der Waals surface area contributed by atoms with Crippen molar-refractivity contribution in [2.45, 2.75) is 46.2 Å². The predicted molar refractivity (Wildman–Crippen MR) is 75.2 cm³/mol. The lowest BCUT2D eigenvalue weighted by Crippen LogP contribution is -2.25. The molecule has 1 aliphatic rings. The minimum absolute atomic E-state index is 0.689. The van der Waals surface area contributed by atoms with Crippen LogP contribution in [0.5, 0.6) is 0 Å². The molecule has 0 spiro atoms. The second kappa shape index (κ2) is 6.48. The highest BCUT2D eigenvalue weighted by Gasteiger charge is 2.19. The Morgan fingerprint density at radius 1 is 1.44 bits per heavy atom. The quantitative estimate of drug-likeness (QED) is 0.845. The van der Waals surface area contributed by atoms with Crippen LogP contribution >= 0.6 is 0 Å². The molecule has 102 valence electrons. The molecule has 2 rings (SSSR count). The molecule has 5 heteroatoms. The summed E-state index contributed by atoms with van der Waals surface area (Å²) in [6.45, 7) is 6.94. The average Bonchev–Trinajstić information content (AvgIpc) is 2.74. The van der Waals surface area contributed by atoms with Gasteiger partial charge in [-0.25, -0.2) is 4.98 Å². The first-order chi connectivity index (χ1) is 8.76. The Balaban J connectivity index is 2.19. The molecule has 0 aliphatic carbocycles. The molecule has 0 amide bonds. The van der Waals surface area contributed by atoms with Crippen molar-refractivity contribution in [1.82, 2.24) is 14.9 Å². The molecule has 1 aromatic heterocycles. The van der Waals surface area contributed by atoms with Crippen molar-refractivity contribution in [3.63, 3.8) is 0 Å². The summed E-state index contributed by atoms with van der Waals surface area (Å²) in [4.78, 5) is 4.75. The highest BCUT2D eigenvalue weighted by atomic mass is 32.2. The Labute approximate surface area is 112 Å². The van der Waals surface area contributed by atoms with Crippen LogP contribution in [0.15, 0.2) is 0 Å². The third-order valence-corrected chi connectivity index (χ3v) is 4.69. The Morgan fingerprint density at radius 2 is 2.28 bits per heavy atom. The Kier molecular flexibility index (Phi) is 4.95. The molecule has 0 bridgehead atoms. The maximum absolute atomic E-state index is 11.6. The lowest BCUT2D eigenvalue weighted by molar-refractivity contribution is 0.589. The zero-order valence-electron chi connectivity index (χ0n) is 11.4. The Morgan fingerprint density at radius 3 is 3.00 bits per heavy atom. The van der Waals surface area contributed by atoms with E-state index in [1.165, 1.54) is 17.2 Å². The van der Waals surface area contributed by atoms with Gasteiger partial charge >= 0.3 is 0 Å². The molecule has 2 heterocycles. The maximum Gasteiger partial charge on any atom is 0.109 e. The van der Waals surface area contributed by atoms with Gasteiger partial charge in [0.05, 0.1) is 5.69 Å². The summed E-state index contributed by atoms with van der Waals surface area (Å²) >= 11 is 0. The monoisotopic (exact) mass is 269 g/mol. The topological polar surface area (TPSA) is 46.9 Å². The van der Waals surface area contributed by atoms with Gasteiger partial charge in [0.25, 0.3) is 0 Å². The number of fused-ring (bicyclic) bond motifs is 1. The van der Waals surface area contributed by atoms with Gasteiger partial charge in [0, 0.05) is 60.5 Å². The SMILES string of the molecule is CCCc1nc2c(n1CCS(=O)CC)CCNC2. The van der Waals surface area contributed by atoms with Crippen LogP contribution in [0.1, 0.15) is 37.5 Å². The van der Waals surface area contributed by atoms with Crippen LogP contribution in [0.25, 0.3) is 0 Å². The lowest BCUT2D eigenvalue weighted by Gasteiger charge is -2.16. The molecular formula is C13H23N3OS. The maximum atomic E-state index is 11.6. The van der Waals surface area contributed by atoms with E-state index in [4.69, 9.17) is 4.98 Å². The van der Waals surface area contributed by atoms with Crippen LogP contribution < -0.4 is 5.32 Å². The van der Waals surface area contributed by atoms with Crippen LogP contribution in [-0.4, -0.2) is 31.8 Å². The third-order valence-electron chi connectivity index (χ3n) is 3.40. The van der Waals surface area contributed by atoms with E-state index in [0.717, 1.165) is 50.4 Å². The van der Waals surface area contributed by atoms with E-state index in [2.05, 4.69) is 16.8 Å². The zero-order chi connectivity index (χ0) is 13.0. The first-order valence-electron chi connectivity index (χ1n) is 6.89. The molecule has 0 saturated carbocycles. The molecule has 1 aliphatic heterocycles. The number of hydrogen-bond acceptors (Lipinski definition) is 3. The second-order valence-corrected chi connectivity index (χ2v) is 6.55. The van der Waals surface area contributed by atoms with Crippen LogP contribution in [0.4, 0.5) is 0 Å². The van der Waals surface area contributed by atoms with Crippen LogP contribution in [0.2, 0.25) is 0 Å².